The van der Waals surface area contributed by atoms with E-state index in [1.165, 1.54) is 21.6 Å². The number of para-hydroxylation sites is 1. The van der Waals surface area contributed by atoms with Gasteiger partial charge in [0.15, 0.2) is 0 Å². The fourth-order valence-corrected chi connectivity index (χ4v) is 9.43. The molecule has 0 spiro atoms. The van der Waals surface area contributed by atoms with E-state index in [9.17, 15) is 0 Å². The molecule has 0 bridgehead atoms. The highest BCUT2D eigenvalue weighted by Gasteiger charge is 2.34. The normalized spacial score (nSPS) is 11.8. The van der Waals surface area contributed by atoms with Crippen LogP contribution in [0.2, 0.25) is 0 Å². The van der Waals surface area contributed by atoms with E-state index in [-0.39, 0.29) is 0 Å². The molecule has 6 aromatic heterocycles. The molecule has 11 rings (SSSR count). The summed E-state index contributed by atoms with van der Waals surface area (Å²) in [5.41, 5.74) is 9.96. The van der Waals surface area contributed by atoms with Crippen LogP contribution >= 0.6 is 22.9 Å². The molecule has 246 valence electrons. The van der Waals surface area contributed by atoms with Crippen molar-refractivity contribution in [2.45, 2.75) is 0 Å². The fraction of sp³-hybridized carbons (Fsp3) is 0. The number of nitrogens with one attached hydrogen (secondary N) is 2. The standard InChI is InChI=1S/C45H27N3O2S2/c1-5-14-30-28(12-1)24-46-44(30)42-39(34-22-26-10-3-7-16-32(26)47-34)41(37-23-27-11-4-8-18-36(27)52-37)38(33-19-21-51-48-33)40(35-17-9-20-49-35)43(42)45-31-15-6-2-13-29(31)25-50-45/h1-25,46-47H. The van der Waals surface area contributed by atoms with Gasteiger partial charge in [-0.25, -0.2) is 0 Å². The summed E-state index contributed by atoms with van der Waals surface area (Å²) in [4.78, 5) is 8.76. The third-order valence-electron chi connectivity index (χ3n) is 10.0. The lowest BCUT2D eigenvalue weighted by Crippen LogP contribution is -2.01. The molecule has 52 heavy (non-hydrogen) atoms. The summed E-state index contributed by atoms with van der Waals surface area (Å²) < 4.78 is 19.4. The molecule has 7 heteroatoms. The van der Waals surface area contributed by atoms with Crippen LogP contribution in [0.4, 0.5) is 0 Å². The van der Waals surface area contributed by atoms with E-state index in [1.807, 2.05) is 23.8 Å². The highest BCUT2D eigenvalue weighted by molar-refractivity contribution is 7.22. The zero-order valence-electron chi connectivity index (χ0n) is 27.5. The van der Waals surface area contributed by atoms with E-state index in [1.54, 1.807) is 17.6 Å². The van der Waals surface area contributed by atoms with Crippen LogP contribution in [0, 0.1) is 0 Å². The number of thiophene rings is 1. The van der Waals surface area contributed by atoms with Crippen LogP contribution in [0.3, 0.4) is 0 Å². The Morgan fingerprint density at radius 2 is 1.37 bits per heavy atom. The van der Waals surface area contributed by atoms with Gasteiger partial charge in [-0.2, -0.15) is 4.37 Å². The Labute approximate surface area is 305 Å². The molecule has 0 aliphatic rings. The van der Waals surface area contributed by atoms with Gasteiger partial charge in [-0.3, -0.25) is 0 Å². The van der Waals surface area contributed by atoms with Crippen molar-refractivity contribution in [2.75, 3.05) is 0 Å². The molecule has 5 aromatic carbocycles. The molecule has 0 aliphatic carbocycles. The highest BCUT2D eigenvalue weighted by Crippen LogP contribution is 2.58. The molecule has 0 saturated heterocycles. The molecule has 0 aliphatic heterocycles. The predicted molar refractivity (Wildman–Crippen MR) is 216 cm³/mol. The number of furan rings is 2. The van der Waals surface area contributed by atoms with Gasteiger partial charge in [0, 0.05) is 87.3 Å². The second-order valence-corrected chi connectivity index (χ2v) is 14.7. The smallest absolute Gasteiger partial charge is 0.143 e. The number of fused-ring (bicyclic) bond motifs is 4. The summed E-state index contributed by atoms with van der Waals surface area (Å²) in [5.74, 6) is 1.51. The van der Waals surface area contributed by atoms with Gasteiger partial charge in [-0.15, -0.1) is 11.3 Å². The first kappa shape index (κ1) is 29.3. The van der Waals surface area contributed by atoms with Gasteiger partial charge in [-0.1, -0.05) is 84.9 Å². The molecule has 0 saturated carbocycles. The van der Waals surface area contributed by atoms with Crippen molar-refractivity contribution in [1.29, 1.82) is 0 Å². The zero-order valence-corrected chi connectivity index (χ0v) is 29.1. The van der Waals surface area contributed by atoms with Gasteiger partial charge >= 0.3 is 0 Å². The Morgan fingerprint density at radius 3 is 2.17 bits per heavy atom. The van der Waals surface area contributed by atoms with Crippen molar-refractivity contribution < 1.29 is 8.83 Å². The lowest BCUT2D eigenvalue weighted by molar-refractivity contribution is 0.578. The van der Waals surface area contributed by atoms with Crippen LogP contribution in [0.1, 0.15) is 0 Å². The van der Waals surface area contributed by atoms with E-state index in [2.05, 4.69) is 131 Å². The average Bonchev–Trinajstić information content (AvgIpc) is 4.04. The molecule has 0 fully saturated rings. The first-order valence-corrected chi connectivity index (χ1v) is 18.7. The number of aromatic amines is 2. The highest BCUT2D eigenvalue weighted by atomic mass is 32.1. The lowest BCUT2D eigenvalue weighted by atomic mass is 9.79. The van der Waals surface area contributed by atoms with Crippen molar-refractivity contribution in [3.63, 3.8) is 0 Å². The summed E-state index contributed by atoms with van der Waals surface area (Å²) in [6, 6.07) is 44.7. The first-order chi connectivity index (χ1) is 25.8. The Balaban J connectivity index is 1.45. The van der Waals surface area contributed by atoms with Crippen LogP contribution in [0.25, 0.3) is 109 Å². The van der Waals surface area contributed by atoms with Gasteiger partial charge in [0.1, 0.15) is 11.5 Å². The molecule has 0 atom stereocenters. The second-order valence-electron chi connectivity index (χ2n) is 12.9. The number of aromatic nitrogens is 3. The monoisotopic (exact) mass is 705 g/mol. The van der Waals surface area contributed by atoms with Crippen molar-refractivity contribution in [2.24, 2.45) is 0 Å². The number of benzene rings is 5. The Kier molecular flexibility index (Phi) is 6.52. The zero-order chi connectivity index (χ0) is 34.2. The Bertz CT molecular complexity index is 3020. The maximum absolute atomic E-state index is 6.73. The predicted octanol–water partition coefficient (Wildman–Crippen LogP) is 13.7. The fourth-order valence-electron chi connectivity index (χ4n) is 7.79. The number of H-pyrrole nitrogens is 2. The first-order valence-electron chi connectivity index (χ1n) is 17.1. The van der Waals surface area contributed by atoms with Gasteiger partial charge in [0.25, 0.3) is 0 Å². The van der Waals surface area contributed by atoms with Crippen LogP contribution in [0.5, 0.6) is 0 Å². The molecular weight excluding hydrogens is 679 g/mol. The summed E-state index contributed by atoms with van der Waals surface area (Å²) in [6.45, 7) is 0. The number of rotatable bonds is 6. The van der Waals surface area contributed by atoms with E-state index in [0.29, 0.717) is 0 Å². The van der Waals surface area contributed by atoms with Crippen LogP contribution in [-0.4, -0.2) is 14.3 Å². The van der Waals surface area contributed by atoms with Crippen molar-refractivity contribution >= 4 is 65.4 Å². The molecule has 5 nitrogen and oxygen atoms in total. The number of nitrogens with zero attached hydrogens (tertiary/aromatic N) is 1. The van der Waals surface area contributed by atoms with E-state index < -0.39 is 0 Å². The molecule has 0 amide bonds. The molecule has 6 heterocycles. The van der Waals surface area contributed by atoms with E-state index in [4.69, 9.17) is 13.2 Å². The van der Waals surface area contributed by atoms with E-state index in [0.717, 1.165) is 99.3 Å². The lowest BCUT2D eigenvalue weighted by Gasteiger charge is -2.24. The molecular formula is C45H27N3O2S2. The second kappa shape index (κ2) is 11.6. The van der Waals surface area contributed by atoms with Crippen LogP contribution in [0.15, 0.2) is 160 Å². The molecule has 0 unspecified atom stereocenters. The van der Waals surface area contributed by atoms with Crippen molar-refractivity contribution in [3.05, 3.63) is 151 Å². The minimum Gasteiger partial charge on any atom is -0.464 e. The molecule has 11 aromatic rings. The van der Waals surface area contributed by atoms with Crippen molar-refractivity contribution in [1.82, 2.24) is 14.3 Å². The maximum Gasteiger partial charge on any atom is 0.143 e. The minimum absolute atomic E-state index is 0.737. The Morgan fingerprint density at radius 1 is 0.577 bits per heavy atom. The quantitative estimate of drug-likeness (QED) is 0.181. The van der Waals surface area contributed by atoms with Gasteiger partial charge < -0.3 is 18.8 Å². The summed E-state index contributed by atoms with van der Waals surface area (Å²) in [5, 5.41) is 8.68. The van der Waals surface area contributed by atoms with Crippen molar-refractivity contribution in [3.8, 4) is 66.9 Å². The topological polar surface area (TPSA) is 70.8 Å². The van der Waals surface area contributed by atoms with Gasteiger partial charge in [-0.05, 0) is 64.8 Å². The summed E-state index contributed by atoms with van der Waals surface area (Å²) in [7, 11) is 0. The van der Waals surface area contributed by atoms with Crippen LogP contribution < -0.4 is 0 Å². The summed E-state index contributed by atoms with van der Waals surface area (Å²) >= 11 is 3.25. The third-order valence-corrected chi connectivity index (χ3v) is 11.7. The van der Waals surface area contributed by atoms with Crippen LogP contribution in [-0.2, 0) is 0 Å². The van der Waals surface area contributed by atoms with Gasteiger partial charge in [0.05, 0.1) is 23.9 Å². The Hall–Kier alpha value is -6.41. The van der Waals surface area contributed by atoms with E-state index >= 15 is 0 Å². The number of hydrogen-bond donors (Lipinski definition) is 2. The maximum atomic E-state index is 6.73. The SMILES string of the molecule is c1coc(-c2c(-c3ccsn3)c(-c3cc4ccccc4s3)c(-c3cc4ccccc4[nH]3)c(-c3[nH]cc4ccccc34)c2-c2occ3ccccc23)c1. The average molecular weight is 706 g/mol. The third kappa shape index (κ3) is 4.43. The molecule has 0 radical (unpaired) electrons. The number of hydrogen-bond acceptors (Lipinski definition) is 5. The van der Waals surface area contributed by atoms with Gasteiger partial charge in [0.2, 0.25) is 0 Å². The minimum atomic E-state index is 0.737. The summed E-state index contributed by atoms with van der Waals surface area (Å²) in [6.07, 6.45) is 5.71. The largest absolute Gasteiger partial charge is 0.464 e. The molecule has 2 N–H and O–H groups in total.